The molecule has 1 aliphatic carbocycles. The number of nitrogens with one attached hydrogen (secondary N) is 2. The van der Waals surface area contributed by atoms with Crippen LogP contribution in [0.5, 0.6) is 0 Å². The molecule has 9 heteroatoms. The molecule has 8 nitrogen and oxygen atoms in total. The van der Waals surface area contributed by atoms with Crippen LogP contribution in [0, 0.1) is 11.8 Å². The molecule has 2 amide bonds. The van der Waals surface area contributed by atoms with E-state index in [4.69, 9.17) is 9.47 Å². The average Bonchev–Trinajstić information content (AvgIpc) is 2.66. The van der Waals surface area contributed by atoms with Crippen molar-refractivity contribution in [2.24, 2.45) is 11.8 Å². The number of piperidine rings is 1. The summed E-state index contributed by atoms with van der Waals surface area (Å²) in [5.41, 5.74) is 0. The first-order valence-electron chi connectivity index (χ1n) is 10.8. The summed E-state index contributed by atoms with van der Waals surface area (Å²) in [4.78, 5) is 14.4. The summed E-state index contributed by atoms with van der Waals surface area (Å²) in [7, 11) is -1.78. The highest BCUT2D eigenvalue weighted by Gasteiger charge is 2.37. The molecule has 0 spiro atoms. The van der Waals surface area contributed by atoms with Crippen molar-refractivity contribution in [1.29, 1.82) is 0 Å². The van der Waals surface area contributed by atoms with Crippen molar-refractivity contribution in [2.45, 2.75) is 70.6 Å². The molecule has 0 radical (unpaired) electrons. The van der Waals surface area contributed by atoms with Gasteiger partial charge in [0.15, 0.2) is 0 Å². The van der Waals surface area contributed by atoms with Crippen LogP contribution < -0.4 is 10.0 Å². The predicted octanol–water partition coefficient (Wildman–Crippen LogP) is 1.96. The number of urea groups is 1. The molecule has 1 saturated carbocycles. The molecule has 1 saturated heterocycles. The molecule has 29 heavy (non-hydrogen) atoms. The van der Waals surface area contributed by atoms with Gasteiger partial charge in [0, 0.05) is 26.2 Å². The van der Waals surface area contributed by atoms with Gasteiger partial charge in [0.1, 0.15) is 0 Å². The van der Waals surface area contributed by atoms with Crippen LogP contribution in [0.15, 0.2) is 0 Å². The third-order valence-corrected chi connectivity index (χ3v) is 6.88. The average molecular weight is 434 g/mol. The van der Waals surface area contributed by atoms with Crippen LogP contribution in [-0.2, 0) is 19.5 Å². The molecule has 2 N–H and O–H groups in total. The Labute approximate surface area is 176 Å². The number of ether oxygens (including phenoxy) is 2. The summed E-state index contributed by atoms with van der Waals surface area (Å²) in [5, 5.41) is 2.85. The molecule has 0 aromatic heterocycles. The summed E-state index contributed by atoms with van der Waals surface area (Å²) in [6.07, 6.45) is 7.18. The van der Waals surface area contributed by atoms with Gasteiger partial charge in [0.25, 0.3) is 0 Å². The van der Waals surface area contributed by atoms with Gasteiger partial charge >= 0.3 is 6.03 Å². The quantitative estimate of drug-likeness (QED) is 0.542. The number of carbonyl (C=O) groups excluding carboxylic acids is 1. The molecule has 2 atom stereocenters. The maximum Gasteiger partial charge on any atom is 0.317 e. The topological polar surface area (TPSA) is 97.0 Å². The Balaban J connectivity index is 1.99. The van der Waals surface area contributed by atoms with E-state index in [0.29, 0.717) is 38.6 Å². The lowest BCUT2D eigenvalue weighted by molar-refractivity contribution is -0.0241. The van der Waals surface area contributed by atoms with Gasteiger partial charge in [0.2, 0.25) is 10.0 Å². The van der Waals surface area contributed by atoms with Gasteiger partial charge in [-0.25, -0.2) is 17.9 Å². The molecule has 2 rings (SSSR count). The second kappa shape index (κ2) is 11.5. The lowest BCUT2D eigenvalue weighted by Crippen LogP contribution is -2.61. The van der Waals surface area contributed by atoms with Crippen LogP contribution >= 0.6 is 0 Å². The van der Waals surface area contributed by atoms with Crippen molar-refractivity contribution < 1.29 is 22.7 Å². The minimum Gasteiger partial charge on any atom is -0.383 e. The fourth-order valence-electron chi connectivity index (χ4n) is 4.45. The third kappa shape index (κ3) is 8.03. The Bertz CT molecular complexity index is 605. The van der Waals surface area contributed by atoms with Gasteiger partial charge < -0.3 is 19.7 Å². The van der Waals surface area contributed by atoms with Gasteiger partial charge in [0.05, 0.1) is 31.6 Å². The molecule has 0 unspecified atom stereocenters. The van der Waals surface area contributed by atoms with Crippen molar-refractivity contribution in [3.8, 4) is 0 Å². The minimum absolute atomic E-state index is 0.184. The number of rotatable bonds is 9. The molecular formula is C20H39N3O5S. The molecule has 1 heterocycles. The zero-order chi connectivity index (χ0) is 21.4. The van der Waals surface area contributed by atoms with E-state index in [0.717, 1.165) is 31.4 Å². The summed E-state index contributed by atoms with van der Waals surface area (Å²) < 4.78 is 37.6. The van der Waals surface area contributed by atoms with E-state index in [2.05, 4.69) is 23.9 Å². The number of hydrogen-bond acceptors (Lipinski definition) is 5. The van der Waals surface area contributed by atoms with Gasteiger partial charge in [-0.05, 0) is 50.4 Å². The van der Waals surface area contributed by atoms with E-state index >= 15 is 0 Å². The third-order valence-electron chi connectivity index (χ3n) is 6.15. The Morgan fingerprint density at radius 2 is 1.86 bits per heavy atom. The SMILES string of the molecule is COCCNC(=O)N1CCC[C@H](NS(C)(=O)=O)[C@@H]1CO[C@H]1CC[C@@H](C(C)C)CC1. The molecule has 170 valence electrons. The van der Waals surface area contributed by atoms with E-state index in [1.165, 1.54) is 12.8 Å². The number of nitrogens with zero attached hydrogens (tertiary/aromatic N) is 1. The molecule has 0 aromatic rings. The molecule has 2 fully saturated rings. The number of hydrogen-bond donors (Lipinski definition) is 2. The van der Waals surface area contributed by atoms with Crippen molar-refractivity contribution in [2.75, 3.05) is 39.7 Å². The lowest BCUT2D eigenvalue weighted by Gasteiger charge is -2.42. The second-order valence-electron chi connectivity index (χ2n) is 8.74. The van der Waals surface area contributed by atoms with E-state index in [9.17, 15) is 13.2 Å². The van der Waals surface area contributed by atoms with E-state index in [1.54, 1.807) is 12.0 Å². The Kier molecular flexibility index (Phi) is 9.65. The highest BCUT2D eigenvalue weighted by atomic mass is 32.2. The van der Waals surface area contributed by atoms with Gasteiger partial charge in [-0.15, -0.1) is 0 Å². The predicted molar refractivity (Wildman–Crippen MR) is 113 cm³/mol. The molecular weight excluding hydrogens is 394 g/mol. The van der Waals surface area contributed by atoms with Gasteiger partial charge in [-0.1, -0.05) is 13.8 Å². The fraction of sp³-hybridized carbons (Fsp3) is 0.950. The van der Waals surface area contributed by atoms with Crippen molar-refractivity contribution in [3.63, 3.8) is 0 Å². The van der Waals surface area contributed by atoms with E-state index in [1.807, 2.05) is 0 Å². The number of likely N-dealkylation sites (tertiary alicyclic amines) is 1. The number of amides is 2. The van der Waals surface area contributed by atoms with E-state index in [-0.39, 0.29) is 24.2 Å². The van der Waals surface area contributed by atoms with Crippen LogP contribution in [0.25, 0.3) is 0 Å². The highest BCUT2D eigenvalue weighted by Crippen LogP contribution is 2.31. The van der Waals surface area contributed by atoms with Gasteiger partial charge in [-0.3, -0.25) is 0 Å². The largest absolute Gasteiger partial charge is 0.383 e. The minimum atomic E-state index is -3.37. The summed E-state index contributed by atoms with van der Waals surface area (Å²) in [5.74, 6) is 1.45. The lowest BCUT2D eigenvalue weighted by atomic mass is 9.80. The number of carbonyl (C=O) groups is 1. The zero-order valence-corrected chi connectivity index (χ0v) is 19.2. The normalized spacial score (nSPS) is 28.5. The molecule has 0 bridgehead atoms. The maximum absolute atomic E-state index is 12.7. The Morgan fingerprint density at radius 1 is 1.17 bits per heavy atom. The summed E-state index contributed by atoms with van der Waals surface area (Å²) in [6.45, 7) is 6.34. The highest BCUT2D eigenvalue weighted by molar-refractivity contribution is 7.88. The summed E-state index contributed by atoms with van der Waals surface area (Å²) >= 11 is 0. The monoisotopic (exact) mass is 433 g/mol. The standard InChI is InChI=1S/C20H39N3O5S/c1-15(2)16-7-9-17(10-8-16)28-14-19-18(22-29(4,25)26)6-5-12-23(19)20(24)21-11-13-27-3/h15-19,22H,5-14H2,1-4H3,(H,21,24)/t16-,17+,18-,19-/m0/s1. The summed E-state index contributed by atoms with van der Waals surface area (Å²) in [6, 6.07) is -0.845. The Morgan fingerprint density at radius 3 is 2.45 bits per heavy atom. The number of methoxy groups -OCH3 is 1. The first kappa shape index (κ1) is 24.4. The van der Waals surface area contributed by atoms with Crippen LogP contribution in [0.2, 0.25) is 0 Å². The Hall–Kier alpha value is -0.900. The molecule has 2 aliphatic rings. The molecule has 1 aliphatic heterocycles. The zero-order valence-electron chi connectivity index (χ0n) is 18.4. The first-order chi connectivity index (χ1) is 13.7. The van der Waals surface area contributed by atoms with Crippen molar-refractivity contribution in [1.82, 2.24) is 14.9 Å². The van der Waals surface area contributed by atoms with E-state index < -0.39 is 10.0 Å². The van der Waals surface area contributed by atoms with Crippen LogP contribution in [0.1, 0.15) is 52.4 Å². The maximum atomic E-state index is 12.7. The number of sulfonamides is 1. The fourth-order valence-corrected chi connectivity index (χ4v) is 5.27. The first-order valence-corrected chi connectivity index (χ1v) is 12.7. The molecule has 0 aromatic carbocycles. The van der Waals surface area contributed by atoms with Crippen LogP contribution in [-0.4, -0.2) is 77.2 Å². The van der Waals surface area contributed by atoms with Crippen molar-refractivity contribution in [3.05, 3.63) is 0 Å². The van der Waals surface area contributed by atoms with Gasteiger partial charge in [-0.2, -0.15) is 0 Å². The van der Waals surface area contributed by atoms with Crippen LogP contribution in [0.4, 0.5) is 4.79 Å². The second-order valence-corrected chi connectivity index (χ2v) is 10.5. The smallest absolute Gasteiger partial charge is 0.317 e. The van der Waals surface area contributed by atoms with Crippen LogP contribution in [0.3, 0.4) is 0 Å². The van der Waals surface area contributed by atoms with Crippen molar-refractivity contribution >= 4 is 16.1 Å².